The molecule has 2 aliphatic rings. The Hall–Kier alpha value is -3.23. The van der Waals surface area contributed by atoms with Gasteiger partial charge >= 0.3 is 6.09 Å². The summed E-state index contributed by atoms with van der Waals surface area (Å²) in [5.41, 5.74) is 5.81. The molecule has 2 saturated heterocycles. The second-order valence-corrected chi connectivity index (χ2v) is 11.9. The predicted octanol–water partition coefficient (Wildman–Crippen LogP) is 4.92. The molecule has 0 bridgehead atoms. The fourth-order valence-corrected chi connectivity index (χ4v) is 5.49. The standard InChI is InChI=1S/C32H45N5O3/c1-25(26-15-19-37(20-16-26)31(39)40-32(2,3)4)33-34-29(38)17-18-35-21-23-36(24-22-35)30(27-11-7-5-8-12-27)28-13-9-6-10-14-28/h5-14,26,30H,15-24H2,1-4H3,(H,34,38)/b33-25+. The molecule has 2 aliphatic heterocycles. The lowest BCUT2D eigenvalue weighted by molar-refractivity contribution is -0.121. The Morgan fingerprint density at radius 1 is 0.900 bits per heavy atom. The maximum Gasteiger partial charge on any atom is 0.410 e. The van der Waals surface area contributed by atoms with Gasteiger partial charge in [0.15, 0.2) is 0 Å². The summed E-state index contributed by atoms with van der Waals surface area (Å²) in [4.78, 5) is 31.5. The number of likely N-dealkylation sites (tertiary alicyclic amines) is 1. The zero-order chi connectivity index (χ0) is 28.5. The van der Waals surface area contributed by atoms with Crippen LogP contribution in [0, 0.1) is 5.92 Å². The Morgan fingerprint density at radius 3 is 1.98 bits per heavy atom. The van der Waals surface area contributed by atoms with Crippen molar-refractivity contribution in [3.8, 4) is 0 Å². The lowest BCUT2D eigenvalue weighted by Crippen LogP contribution is -2.48. The number of piperazine rings is 1. The van der Waals surface area contributed by atoms with E-state index in [9.17, 15) is 9.59 Å². The monoisotopic (exact) mass is 547 g/mol. The quantitative estimate of drug-likeness (QED) is 0.375. The first-order valence-electron chi connectivity index (χ1n) is 14.6. The van der Waals surface area contributed by atoms with Gasteiger partial charge in [-0.3, -0.25) is 9.69 Å². The predicted molar refractivity (Wildman–Crippen MR) is 159 cm³/mol. The summed E-state index contributed by atoms with van der Waals surface area (Å²) in [6.45, 7) is 13.4. The van der Waals surface area contributed by atoms with Gasteiger partial charge in [-0.15, -0.1) is 0 Å². The number of nitrogens with zero attached hydrogens (tertiary/aromatic N) is 4. The molecule has 0 radical (unpaired) electrons. The Balaban J connectivity index is 1.19. The van der Waals surface area contributed by atoms with Crippen LogP contribution in [-0.2, 0) is 9.53 Å². The fraction of sp³-hybridized carbons (Fsp3) is 0.531. The molecule has 2 amide bonds. The molecular formula is C32H45N5O3. The molecule has 0 spiro atoms. The van der Waals surface area contributed by atoms with Crippen LogP contribution in [0.1, 0.15) is 64.1 Å². The van der Waals surface area contributed by atoms with Crippen LogP contribution in [0.25, 0.3) is 0 Å². The molecule has 8 heteroatoms. The van der Waals surface area contributed by atoms with E-state index in [4.69, 9.17) is 4.74 Å². The average Bonchev–Trinajstić information content (AvgIpc) is 2.96. The summed E-state index contributed by atoms with van der Waals surface area (Å²) in [7, 11) is 0. The van der Waals surface area contributed by atoms with Crippen molar-refractivity contribution in [2.45, 2.75) is 58.6 Å². The first-order valence-corrected chi connectivity index (χ1v) is 14.6. The van der Waals surface area contributed by atoms with E-state index >= 15 is 0 Å². The summed E-state index contributed by atoms with van der Waals surface area (Å²) >= 11 is 0. The van der Waals surface area contributed by atoms with E-state index in [2.05, 4.69) is 81.0 Å². The van der Waals surface area contributed by atoms with E-state index in [1.165, 1.54) is 11.1 Å². The Morgan fingerprint density at radius 2 is 1.45 bits per heavy atom. The van der Waals surface area contributed by atoms with Gasteiger partial charge in [-0.1, -0.05) is 60.7 Å². The van der Waals surface area contributed by atoms with E-state index < -0.39 is 5.60 Å². The van der Waals surface area contributed by atoms with Crippen molar-refractivity contribution in [1.82, 2.24) is 20.1 Å². The third-order valence-corrected chi connectivity index (χ3v) is 7.75. The van der Waals surface area contributed by atoms with E-state index in [0.717, 1.165) is 51.3 Å². The number of ether oxygens (including phenoxy) is 1. The lowest BCUT2D eigenvalue weighted by atomic mass is 9.93. The molecule has 0 aromatic heterocycles. The zero-order valence-corrected chi connectivity index (χ0v) is 24.5. The number of benzene rings is 2. The first-order chi connectivity index (χ1) is 19.2. The number of hydrogen-bond acceptors (Lipinski definition) is 6. The summed E-state index contributed by atoms with van der Waals surface area (Å²) in [6.07, 6.45) is 1.81. The van der Waals surface area contributed by atoms with Gasteiger partial charge in [0.1, 0.15) is 5.60 Å². The second-order valence-electron chi connectivity index (χ2n) is 11.9. The molecule has 1 N–H and O–H groups in total. The lowest BCUT2D eigenvalue weighted by Gasteiger charge is -2.39. The third-order valence-electron chi connectivity index (χ3n) is 7.75. The molecule has 2 heterocycles. The summed E-state index contributed by atoms with van der Waals surface area (Å²) in [5, 5.41) is 4.40. The highest BCUT2D eigenvalue weighted by Crippen LogP contribution is 2.29. The van der Waals surface area contributed by atoms with Gasteiger partial charge < -0.3 is 14.5 Å². The van der Waals surface area contributed by atoms with Crippen molar-refractivity contribution >= 4 is 17.7 Å². The van der Waals surface area contributed by atoms with Gasteiger partial charge in [0.05, 0.1) is 6.04 Å². The molecule has 0 atom stereocenters. The van der Waals surface area contributed by atoms with Crippen LogP contribution < -0.4 is 5.43 Å². The van der Waals surface area contributed by atoms with Gasteiger partial charge in [-0.25, -0.2) is 10.2 Å². The molecule has 2 fully saturated rings. The smallest absolute Gasteiger partial charge is 0.410 e. The number of piperidine rings is 1. The van der Waals surface area contributed by atoms with Gasteiger partial charge in [0, 0.05) is 63.9 Å². The van der Waals surface area contributed by atoms with Crippen LogP contribution in [0.2, 0.25) is 0 Å². The topological polar surface area (TPSA) is 77.5 Å². The molecule has 2 aromatic rings. The maximum absolute atomic E-state index is 12.6. The average molecular weight is 548 g/mol. The molecule has 0 aliphatic carbocycles. The summed E-state index contributed by atoms with van der Waals surface area (Å²) in [6, 6.07) is 21.6. The maximum atomic E-state index is 12.6. The van der Waals surface area contributed by atoms with E-state index in [0.29, 0.717) is 19.5 Å². The molecule has 4 rings (SSSR count). The molecule has 216 valence electrons. The van der Waals surface area contributed by atoms with Crippen molar-refractivity contribution in [3.05, 3.63) is 71.8 Å². The number of carbonyl (C=O) groups excluding carboxylic acids is 2. The summed E-state index contributed by atoms with van der Waals surface area (Å²) < 4.78 is 5.48. The molecule has 40 heavy (non-hydrogen) atoms. The van der Waals surface area contributed by atoms with Crippen molar-refractivity contribution < 1.29 is 14.3 Å². The second kappa shape index (κ2) is 13.9. The Labute approximate surface area is 239 Å². The highest BCUT2D eigenvalue weighted by atomic mass is 16.6. The number of amides is 2. The largest absolute Gasteiger partial charge is 0.444 e. The minimum absolute atomic E-state index is 0.0561. The van der Waals surface area contributed by atoms with Gasteiger partial charge in [-0.2, -0.15) is 5.10 Å². The summed E-state index contributed by atoms with van der Waals surface area (Å²) in [5.74, 6) is 0.202. The van der Waals surface area contributed by atoms with E-state index in [1.54, 1.807) is 4.90 Å². The van der Waals surface area contributed by atoms with E-state index in [1.807, 2.05) is 27.7 Å². The van der Waals surface area contributed by atoms with Crippen LogP contribution >= 0.6 is 0 Å². The van der Waals surface area contributed by atoms with Gasteiger partial charge in [0.25, 0.3) is 0 Å². The number of hydrogen-bond donors (Lipinski definition) is 1. The highest BCUT2D eigenvalue weighted by molar-refractivity contribution is 5.86. The fourth-order valence-electron chi connectivity index (χ4n) is 5.49. The van der Waals surface area contributed by atoms with Crippen LogP contribution in [-0.4, -0.2) is 83.8 Å². The molecule has 0 unspecified atom stereocenters. The minimum Gasteiger partial charge on any atom is -0.444 e. The minimum atomic E-state index is -0.490. The highest BCUT2D eigenvalue weighted by Gasteiger charge is 2.29. The molecule has 8 nitrogen and oxygen atoms in total. The van der Waals surface area contributed by atoms with Crippen molar-refractivity contribution in [2.24, 2.45) is 11.0 Å². The van der Waals surface area contributed by atoms with Crippen LogP contribution in [0.15, 0.2) is 65.8 Å². The molecule has 2 aromatic carbocycles. The Kier molecular flexibility index (Phi) is 10.3. The number of carbonyl (C=O) groups is 2. The van der Waals surface area contributed by atoms with Crippen molar-refractivity contribution in [2.75, 3.05) is 45.8 Å². The van der Waals surface area contributed by atoms with Crippen molar-refractivity contribution in [1.29, 1.82) is 0 Å². The number of nitrogens with one attached hydrogen (secondary N) is 1. The Bertz CT molecular complexity index is 1080. The number of hydrazone groups is 1. The third kappa shape index (κ3) is 8.63. The first kappa shape index (κ1) is 29.7. The van der Waals surface area contributed by atoms with Crippen LogP contribution in [0.4, 0.5) is 4.79 Å². The normalized spacial score (nSPS) is 18.1. The van der Waals surface area contributed by atoms with Gasteiger partial charge in [-0.05, 0) is 51.7 Å². The molecular weight excluding hydrogens is 502 g/mol. The van der Waals surface area contributed by atoms with Crippen LogP contribution in [0.5, 0.6) is 0 Å². The van der Waals surface area contributed by atoms with Crippen LogP contribution in [0.3, 0.4) is 0 Å². The van der Waals surface area contributed by atoms with E-state index in [-0.39, 0.29) is 24.0 Å². The zero-order valence-electron chi connectivity index (χ0n) is 24.5. The van der Waals surface area contributed by atoms with Gasteiger partial charge in [0.2, 0.25) is 5.91 Å². The SMILES string of the molecule is C/C(=N\NC(=O)CCN1CCN(C(c2ccccc2)c2ccccc2)CC1)C1CCN(C(=O)OC(C)(C)C)CC1. The molecule has 0 saturated carbocycles. The van der Waals surface area contributed by atoms with Crippen molar-refractivity contribution in [3.63, 3.8) is 0 Å². The number of rotatable bonds is 8.